The summed E-state index contributed by atoms with van der Waals surface area (Å²) in [6.45, 7) is 8.72. The van der Waals surface area contributed by atoms with Crippen LogP contribution >= 0.6 is 0 Å². The number of rotatable bonds is 10. The van der Waals surface area contributed by atoms with Crippen molar-refractivity contribution in [2.45, 2.75) is 77.6 Å². The maximum absolute atomic E-state index is 14.3. The van der Waals surface area contributed by atoms with Crippen LogP contribution in [0, 0.1) is 13.8 Å². The highest BCUT2D eigenvalue weighted by molar-refractivity contribution is 5.94. The molecule has 2 aromatic carbocycles. The lowest BCUT2D eigenvalue weighted by atomic mass is 9.95. The van der Waals surface area contributed by atoms with Gasteiger partial charge in [-0.25, -0.2) is 4.79 Å². The largest absolute Gasteiger partial charge is 0.468 e. The number of amides is 3. The van der Waals surface area contributed by atoms with Crippen molar-refractivity contribution in [2.75, 3.05) is 13.7 Å². The van der Waals surface area contributed by atoms with E-state index in [2.05, 4.69) is 15.4 Å². The molecule has 0 radical (unpaired) electrons. The lowest BCUT2D eigenvalue weighted by molar-refractivity contribution is -0.145. The van der Waals surface area contributed by atoms with E-state index in [0.717, 1.165) is 29.5 Å². The Morgan fingerprint density at radius 3 is 2.28 bits per heavy atom. The highest BCUT2D eigenvalue weighted by Gasteiger charge is 2.44. The fraction of sp³-hybridized carbons (Fsp3) is 0.467. The summed E-state index contributed by atoms with van der Waals surface area (Å²) in [4.78, 5) is 54.2. The number of carbonyl (C=O) groups excluding carboxylic acids is 4. The number of esters is 1. The van der Waals surface area contributed by atoms with Gasteiger partial charge in [0.2, 0.25) is 11.8 Å². The molecule has 0 bridgehead atoms. The fourth-order valence-corrected chi connectivity index (χ4v) is 4.35. The van der Waals surface area contributed by atoms with E-state index in [0.29, 0.717) is 5.56 Å². The second kappa shape index (κ2) is 12.8. The molecule has 2 aromatic rings. The van der Waals surface area contributed by atoms with Gasteiger partial charge in [-0.1, -0.05) is 54.1 Å². The topological polar surface area (TPSA) is 114 Å². The molecule has 1 aliphatic carbocycles. The minimum absolute atomic E-state index is 0.190. The van der Waals surface area contributed by atoms with Gasteiger partial charge in [-0.15, -0.1) is 0 Å². The summed E-state index contributed by atoms with van der Waals surface area (Å²) in [5.74, 6) is -1.49. The molecule has 0 saturated heterocycles. The van der Waals surface area contributed by atoms with E-state index in [1.54, 1.807) is 25.7 Å². The molecule has 2 N–H and O–H groups in total. The Kier molecular flexibility index (Phi) is 9.72. The van der Waals surface area contributed by atoms with E-state index in [4.69, 9.17) is 4.74 Å². The van der Waals surface area contributed by atoms with Crippen LogP contribution in [0.3, 0.4) is 0 Å². The smallest absolute Gasteiger partial charge is 0.408 e. The third-order valence-electron chi connectivity index (χ3n) is 6.36. The molecule has 2 atom stereocenters. The Balaban J connectivity index is 2.03. The summed E-state index contributed by atoms with van der Waals surface area (Å²) in [7, 11) is 1.24. The number of benzene rings is 2. The van der Waals surface area contributed by atoms with E-state index in [1.807, 2.05) is 62.4 Å². The molecule has 210 valence electrons. The van der Waals surface area contributed by atoms with Crippen molar-refractivity contribution >= 4 is 23.9 Å². The van der Waals surface area contributed by atoms with E-state index in [1.165, 1.54) is 7.11 Å². The summed E-state index contributed by atoms with van der Waals surface area (Å²) in [5, 5.41) is 5.40. The number of nitrogens with one attached hydrogen (secondary N) is 2. The standard InChI is InChI=1S/C30H39N3O6/c1-19-12-13-20(2)23(16-19)26(27(35)31-18-25(34)38-6)33(22-14-15-22)28(36)24(17-21-10-8-7-9-11-21)32-29(37)39-30(3,4)5/h7-13,16,22,24,26H,14-15,17-18H2,1-6H3,(H,31,35)(H,32,37). The number of nitrogens with zero attached hydrogens (tertiary/aromatic N) is 1. The van der Waals surface area contributed by atoms with Crippen LogP contribution < -0.4 is 10.6 Å². The van der Waals surface area contributed by atoms with Crippen LogP contribution in [0.2, 0.25) is 0 Å². The molecule has 1 aliphatic rings. The molecule has 1 saturated carbocycles. The van der Waals surface area contributed by atoms with Crippen LogP contribution in [0.4, 0.5) is 4.79 Å². The van der Waals surface area contributed by atoms with Crippen LogP contribution in [-0.2, 0) is 30.3 Å². The van der Waals surface area contributed by atoms with Gasteiger partial charge in [0.05, 0.1) is 7.11 Å². The monoisotopic (exact) mass is 537 g/mol. The second-order valence-electron chi connectivity index (χ2n) is 10.9. The normalized spacial score (nSPS) is 14.5. The molecule has 9 heteroatoms. The van der Waals surface area contributed by atoms with Gasteiger partial charge in [-0.2, -0.15) is 0 Å². The number of carbonyl (C=O) groups is 4. The van der Waals surface area contributed by atoms with Gasteiger partial charge < -0.3 is 25.0 Å². The molecule has 0 aromatic heterocycles. The molecule has 9 nitrogen and oxygen atoms in total. The zero-order chi connectivity index (χ0) is 28.7. The van der Waals surface area contributed by atoms with E-state index in [9.17, 15) is 19.2 Å². The lowest BCUT2D eigenvalue weighted by Gasteiger charge is -2.35. The minimum Gasteiger partial charge on any atom is -0.468 e. The van der Waals surface area contributed by atoms with Crippen molar-refractivity contribution in [3.05, 3.63) is 70.8 Å². The fourth-order valence-electron chi connectivity index (χ4n) is 4.35. The predicted octanol–water partition coefficient (Wildman–Crippen LogP) is 3.76. The number of aryl methyl sites for hydroxylation is 2. The van der Waals surface area contributed by atoms with Crippen LogP contribution in [0.5, 0.6) is 0 Å². The first-order valence-electron chi connectivity index (χ1n) is 13.2. The Morgan fingerprint density at radius 2 is 1.69 bits per heavy atom. The number of methoxy groups -OCH3 is 1. The molecular weight excluding hydrogens is 498 g/mol. The van der Waals surface area contributed by atoms with Crippen LogP contribution in [0.15, 0.2) is 48.5 Å². The Morgan fingerprint density at radius 1 is 1.03 bits per heavy atom. The first-order valence-corrected chi connectivity index (χ1v) is 13.2. The summed E-state index contributed by atoms with van der Waals surface area (Å²) in [5.41, 5.74) is 2.51. The minimum atomic E-state index is -1.01. The molecule has 3 rings (SSSR count). The van der Waals surface area contributed by atoms with Gasteiger partial charge in [0.25, 0.3) is 0 Å². The predicted molar refractivity (Wildman–Crippen MR) is 147 cm³/mol. The maximum atomic E-state index is 14.3. The molecule has 39 heavy (non-hydrogen) atoms. The average molecular weight is 538 g/mol. The van der Waals surface area contributed by atoms with Crippen molar-refractivity contribution in [3.63, 3.8) is 0 Å². The zero-order valence-corrected chi connectivity index (χ0v) is 23.6. The summed E-state index contributed by atoms with van der Waals surface area (Å²) in [6.07, 6.45) is 0.945. The van der Waals surface area contributed by atoms with Crippen molar-refractivity contribution in [3.8, 4) is 0 Å². The first-order chi connectivity index (χ1) is 18.4. The summed E-state index contributed by atoms with van der Waals surface area (Å²) >= 11 is 0. The molecular formula is C30H39N3O6. The Hall–Kier alpha value is -3.88. The Labute approximate surface area is 230 Å². The maximum Gasteiger partial charge on any atom is 0.408 e. The quantitative estimate of drug-likeness (QED) is 0.446. The van der Waals surface area contributed by atoms with Gasteiger partial charge in [-0.05, 0) is 64.2 Å². The van der Waals surface area contributed by atoms with Gasteiger partial charge >= 0.3 is 12.1 Å². The zero-order valence-electron chi connectivity index (χ0n) is 23.6. The van der Waals surface area contributed by atoms with Gasteiger partial charge in [0, 0.05) is 12.5 Å². The van der Waals surface area contributed by atoms with Crippen LogP contribution in [0.25, 0.3) is 0 Å². The molecule has 0 spiro atoms. The highest BCUT2D eigenvalue weighted by Crippen LogP contribution is 2.37. The summed E-state index contributed by atoms with van der Waals surface area (Å²) < 4.78 is 10.2. The third kappa shape index (κ3) is 8.56. The number of ether oxygens (including phenoxy) is 2. The van der Waals surface area contributed by atoms with Crippen molar-refractivity contribution in [1.82, 2.24) is 15.5 Å². The number of hydrogen-bond donors (Lipinski definition) is 2. The Bertz CT molecular complexity index is 1190. The third-order valence-corrected chi connectivity index (χ3v) is 6.36. The van der Waals surface area contributed by atoms with Crippen molar-refractivity contribution in [1.29, 1.82) is 0 Å². The molecule has 0 heterocycles. The van der Waals surface area contributed by atoms with Gasteiger partial charge in [-0.3, -0.25) is 14.4 Å². The van der Waals surface area contributed by atoms with Crippen LogP contribution in [0.1, 0.15) is 61.9 Å². The molecule has 2 unspecified atom stereocenters. The SMILES string of the molecule is COC(=O)CNC(=O)C(c1cc(C)ccc1C)N(C(=O)C(Cc1ccccc1)NC(=O)OC(C)(C)C)C1CC1. The van der Waals surface area contributed by atoms with Gasteiger partial charge in [0.15, 0.2) is 0 Å². The summed E-state index contributed by atoms with van der Waals surface area (Å²) in [6, 6.07) is 12.9. The number of alkyl carbamates (subject to hydrolysis) is 1. The lowest BCUT2D eigenvalue weighted by Crippen LogP contribution is -2.54. The number of hydrogen-bond acceptors (Lipinski definition) is 6. The molecule has 0 aliphatic heterocycles. The van der Waals surface area contributed by atoms with E-state index >= 15 is 0 Å². The second-order valence-corrected chi connectivity index (χ2v) is 10.9. The average Bonchev–Trinajstić information content (AvgIpc) is 3.71. The van der Waals surface area contributed by atoms with E-state index in [-0.39, 0.29) is 19.0 Å². The van der Waals surface area contributed by atoms with Gasteiger partial charge in [0.1, 0.15) is 24.2 Å². The first kappa shape index (κ1) is 29.7. The highest BCUT2D eigenvalue weighted by atomic mass is 16.6. The van der Waals surface area contributed by atoms with Crippen molar-refractivity contribution < 1.29 is 28.7 Å². The van der Waals surface area contributed by atoms with Crippen LogP contribution in [-0.4, -0.2) is 60.1 Å². The molecule has 3 amide bonds. The molecule has 1 fully saturated rings. The van der Waals surface area contributed by atoms with Crippen molar-refractivity contribution in [2.24, 2.45) is 0 Å². The van der Waals surface area contributed by atoms with E-state index < -0.39 is 41.6 Å².